The van der Waals surface area contributed by atoms with Crippen LogP contribution in [0.25, 0.3) is 0 Å². The van der Waals surface area contributed by atoms with Gasteiger partial charge in [0.2, 0.25) is 11.8 Å². The summed E-state index contributed by atoms with van der Waals surface area (Å²) in [4.78, 5) is 26.2. The zero-order chi connectivity index (χ0) is 14.0. The van der Waals surface area contributed by atoms with E-state index >= 15 is 0 Å². The zero-order valence-electron chi connectivity index (χ0n) is 11.6. The SMILES string of the molecule is CC[C@H](C)[C@@H]1C(=O)N[C@@H](c2ccccc2)C(=O)N1C. The van der Waals surface area contributed by atoms with Gasteiger partial charge in [-0.2, -0.15) is 0 Å². The summed E-state index contributed by atoms with van der Waals surface area (Å²) in [6.07, 6.45) is 0.867. The molecular weight excluding hydrogens is 240 g/mol. The van der Waals surface area contributed by atoms with Crippen LogP contribution in [0.1, 0.15) is 31.9 Å². The summed E-state index contributed by atoms with van der Waals surface area (Å²) in [7, 11) is 1.72. The fourth-order valence-electron chi connectivity index (χ4n) is 2.54. The minimum absolute atomic E-state index is 0.0453. The molecule has 0 bridgehead atoms. The Morgan fingerprint density at radius 3 is 2.47 bits per heavy atom. The van der Waals surface area contributed by atoms with E-state index in [0.29, 0.717) is 0 Å². The number of amides is 2. The maximum absolute atomic E-state index is 12.4. The Morgan fingerprint density at radius 2 is 1.89 bits per heavy atom. The van der Waals surface area contributed by atoms with Crippen molar-refractivity contribution in [2.75, 3.05) is 7.05 Å². The standard InChI is InChI=1S/C15H20N2O2/c1-4-10(2)13-14(18)16-12(15(19)17(13)3)11-8-6-5-7-9-11/h5-10,12-13H,4H2,1-3H3,(H,16,18)/t10-,12-,13+/m0/s1. The lowest BCUT2D eigenvalue weighted by atomic mass is 9.92. The molecule has 0 saturated carbocycles. The lowest BCUT2D eigenvalue weighted by molar-refractivity contribution is -0.149. The first-order chi connectivity index (χ1) is 9.06. The van der Waals surface area contributed by atoms with Gasteiger partial charge in [0.25, 0.3) is 0 Å². The number of nitrogens with zero attached hydrogens (tertiary/aromatic N) is 1. The van der Waals surface area contributed by atoms with Crippen LogP contribution in [0.15, 0.2) is 30.3 Å². The Kier molecular flexibility index (Phi) is 3.88. The molecular formula is C15H20N2O2. The van der Waals surface area contributed by atoms with Crippen molar-refractivity contribution in [2.45, 2.75) is 32.4 Å². The molecule has 1 N–H and O–H groups in total. The first-order valence-electron chi connectivity index (χ1n) is 6.68. The molecule has 1 fully saturated rings. The molecule has 3 atom stereocenters. The largest absolute Gasteiger partial charge is 0.339 e. The molecule has 1 saturated heterocycles. The molecule has 0 unspecified atom stereocenters. The highest BCUT2D eigenvalue weighted by Crippen LogP contribution is 2.25. The first kappa shape index (κ1) is 13.6. The fourth-order valence-corrected chi connectivity index (χ4v) is 2.54. The van der Waals surface area contributed by atoms with Gasteiger partial charge in [0.05, 0.1) is 0 Å². The van der Waals surface area contributed by atoms with E-state index in [1.54, 1.807) is 11.9 Å². The van der Waals surface area contributed by atoms with Crippen molar-refractivity contribution in [3.8, 4) is 0 Å². The van der Waals surface area contributed by atoms with Crippen molar-refractivity contribution >= 4 is 11.8 Å². The molecule has 2 amide bonds. The predicted octanol–water partition coefficient (Wildman–Crippen LogP) is 1.73. The van der Waals surface area contributed by atoms with Crippen LogP contribution in [0, 0.1) is 5.92 Å². The number of hydrogen-bond acceptors (Lipinski definition) is 2. The van der Waals surface area contributed by atoms with E-state index in [1.165, 1.54) is 0 Å². The second kappa shape index (κ2) is 5.43. The van der Waals surface area contributed by atoms with Crippen LogP contribution in [0.2, 0.25) is 0 Å². The predicted molar refractivity (Wildman–Crippen MR) is 73.3 cm³/mol. The molecule has 1 heterocycles. The molecule has 1 aromatic rings. The third-order valence-corrected chi connectivity index (χ3v) is 3.88. The van der Waals surface area contributed by atoms with Crippen molar-refractivity contribution in [3.05, 3.63) is 35.9 Å². The second-order valence-electron chi connectivity index (χ2n) is 5.13. The van der Waals surface area contributed by atoms with Crippen LogP contribution in [0.3, 0.4) is 0 Å². The maximum Gasteiger partial charge on any atom is 0.250 e. The van der Waals surface area contributed by atoms with Crippen LogP contribution >= 0.6 is 0 Å². The highest BCUT2D eigenvalue weighted by molar-refractivity contribution is 5.97. The smallest absolute Gasteiger partial charge is 0.250 e. The van der Waals surface area contributed by atoms with Gasteiger partial charge in [-0.1, -0.05) is 50.6 Å². The van der Waals surface area contributed by atoms with E-state index in [0.717, 1.165) is 12.0 Å². The van der Waals surface area contributed by atoms with Gasteiger partial charge in [-0.3, -0.25) is 9.59 Å². The van der Waals surface area contributed by atoms with Gasteiger partial charge in [0, 0.05) is 7.05 Å². The number of nitrogens with one attached hydrogen (secondary N) is 1. The van der Waals surface area contributed by atoms with Crippen molar-refractivity contribution in [2.24, 2.45) is 5.92 Å². The van der Waals surface area contributed by atoms with Gasteiger partial charge in [-0.15, -0.1) is 0 Å². The zero-order valence-corrected chi connectivity index (χ0v) is 11.6. The highest BCUT2D eigenvalue weighted by atomic mass is 16.2. The molecule has 0 radical (unpaired) electrons. The van der Waals surface area contributed by atoms with Crippen molar-refractivity contribution < 1.29 is 9.59 Å². The lowest BCUT2D eigenvalue weighted by Crippen LogP contribution is -2.60. The number of benzene rings is 1. The Hall–Kier alpha value is -1.84. The van der Waals surface area contributed by atoms with Gasteiger partial charge in [0.15, 0.2) is 0 Å². The Labute approximate surface area is 113 Å². The van der Waals surface area contributed by atoms with Crippen LogP contribution in [0.5, 0.6) is 0 Å². The summed E-state index contributed by atoms with van der Waals surface area (Å²) < 4.78 is 0. The van der Waals surface area contributed by atoms with E-state index < -0.39 is 6.04 Å². The number of carbonyl (C=O) groups is 2. The number of piperazine rings is 1. The quantitative estimate of drug-likeness (QED) is 0.899. The monoisotopic (exact) mass is 260 g/mol. The van der Waals surface area contributed by atoms with Crippen LogP contribution in [0.4, 0.5) is 0 Å². The van der Waals surface area contributed by atoms with Crippen LogP contribution < -0.4 is 5.32 Å². The fraction of sp³-hybridized carbons (Fsp3) is 0.467. The van der Waals surface area contributed by atoms with E-state index in [9.17, 15) is 9.59 Å². The topological polar surface area (TPSA) is 49.4 Å². The lowest BCUT2D eigenvalue weighted by Gasteiger charge is -2.39. The second-order valence-corrected chi connectivity index (χ2v) is 5.13. The van der Waals surface area contributed by atoms with Gasteiger partial charge in [-0.25, -0.2) is 0 Å². The van der Waals surface area contributed by atoms with E-state index in [4.69, 9.17) is 0 Å². The maximum atomic E-state index is 12.4. The van der Waals surface area contributed by atoms with Crippen LogP contribution in [-0.4, -0.2) is 29.8 Å². The highest BCUT2D eigenvalue weighted by Gasteiger charge is 2.41. The van der Waals surface area contributed by atoms with E-state index in [1.807, 2.05) is 44.2 Å². The molecule has 4 nitrogen and oxygen atoms in total. The summed E-state index contributed by atoms with van der Waals surface area (Å²) in [6, 6.07) is 8.44. The minimum Gasteiger partial charge on any atom is -0.339 e. The summed E-state index contributed by atoms with van der Waals surface area (Å²) in [5.41, 5.74) is 0.829. The first-order valence-corrected chi connectivity index (χ1v) is 6.68. The van der Waals surface area contributed by atoms with E-state index in [2.05, 4.69) is 5.32 Å². The summed E-state index contributed by atoms with van der Waals surface area (Å²) >= 11 is 0. The third kappa shape index (κ3) is 2.48. The Bertz CT molecular complexity index is 472. The summed E-state index contributed by atoms with van der Waals surface area (Å²) in [5, 5.41) is 2.85. The Morgan fingerprint density at radius 1 is 1.26 bits per heavy atom. The molecule has 0 spiro atoms. The molecule has 1 aliphatic heterocycles. The van der Waals surface area contributed by atoms with Crippen molar-refractivity contribution in [1.29, 1.82) is 0 Å². The number of likely N-dealkylation sites (N-methyl/N-ethyl adjacent to an activating group) is 1. The van der Waals surface area contributed by atoms with Gasteiger partial charge < -0.3 is 10.2 Å². The molecule has 19 heavy (non-hydrogen) atoms. The van der Waals surface area contributed by atoms with Crippen molar-refractivity contribution in [1.82, 2.24) is 10.2 Å². The Balaban J connectivity index is 2.26. The molecule has 2 rings (SSSR count). The normalized spacial score (nSPS) is 25.1. The molecule has 1 aromatic carbocycles. The summed E-state index contributed by atoms with van der Waals surface area (Å²) in [6.45, 7) is 4.02. The number of hydrogen-bond donors (Lipinski definition) is 1. The molecule has 102 valence electrons. The number of rotatable bonds is 3. The average Bonchev–Trinajstić information content (AvgIpc) is 2.43. The van der Waals surface area contributed by atoms with Gasteiger partial charge >= 0.3 is 0 Å². The molecule has 1 aliphatic rings. The molecule has 4 heteroatoms. The minimum atomic E-state index is -0.556. The summed E-state index contributed by atoms with van der Waals surface area (Å²) in [5.74, 6) is 0.0482. The van der Waals surface area contributed by atoms with Crippen LogP contribution in [-0.2, 0) is 9.59 Å². The average molecular weight is 260 g/mol. The molecule has 0 aromatic heterocycles. The molecule has 0 aliphatic carbocycles. The van der Waals surface area contributed by atoms with Crippen molar-refractivity contribution in [3.63, 3.8) is 0 Å². The number of carbonyl (C=O) groups excluding carboxylic acids is 2. The third-order valence-electron chi connectivity index (χ3n) is 3.88. The van der Waals surface area contributed by atoms with Gasteiger partial charge in [-0.05, 0) is 11.5 Å². The van der Waals surface area contributed by atoms with E-state index in [-0.39, 0.29) is 23.8 Å². The van der Waals surface area contributed by atoms with Gasteiger partial charge in [0.1, 0.15) is 12.1 Å².